The number of hydrogen-bond donors (Lipinski definition) is 0. The van der Waals surface area contributed by atoms with Gasteiger partial charge in [0.2, 0.25) is 0 Å². The lowest BCUT2D eigenvalue weighted by atomic mass is 9.89. The summed E-state index contributed by atoms with van der Waals surface area (Å²) in [4.78, 5) is 23.5. The molecule has 3 nitrogen and oxygen atoms in total. The highest BCUT2D eigenvalue weighted by Gasteiger charge is 2.41. The van der Waals surface area contributed by atoms with E-state index in [9.17, 15) is 9.59 Å². The average Bonchev–Trinajstić information content (AvgIpc) is 2.62. The highest BCUT2D eigenvalue weighted by molar-refractivity contribution is 8.93. The zero-order chi connectivity index (χ0) is 7.84. The van der Waals surface area contributed by atoms with Crippen LogP contribution in [0.4, 0.5) is 0 Å². The van der Waals surface area contributed by atoms with Crippen molar-refractivity contribution in [2.75, 3.05) is 19.6 Å². The molecule has 0 amide bonds. The van der Waals surface area contributed by atoms with E-state index in [1.165, 1.54) is 0 Å². The van der Waals surface area contributed by atoms with Gasteiger partial charge in [-0.2, -0.15) is 0 Å². The first kappa shape index (κ1) is 9.86. The fourth-order valence-electron chi connectivity index (χ4n) is 2.19. The van der Waals surface area contributed by atoms with Crippen molar-refractivity contribution in [2.24, 2.45) is 11.8 Å². The van der Waals surface area contributed by atoms with Crippen LogP contribution >= 0.6 is 17.0 Å². The number of fused-ring (bicyclic) bond motifs is 2. The van der Waals surface area contributed by atoms with Crippen LogP contribution in [0.2, 0.25) is 0 Å². The van der Waals surface area contributed by atoms with Crippen molar-refractivity contribution >= 4 is 29.1 Å². The maximum absolute atomic E-state index is 11.0. The zero-order valence-electron chi connectivity index (χ0n) is 6.73. The van der Waals surface area contributed by atoms with Crippen molar-refractivity contribution in [3.63, 3.8) is 0 Å². The summed E-state index contributed by atoms with van der Waals surface area (Å²) in [5.41, 5.74) is 0. The monoisotopic (exact) mass is 233 g/mol. The Labute approximate surface area is 81.9 Å². The van der Waals surface area contributed by atoms with Crippen molar-refractivity contribution < 1.29 is 9.59 Å². The van der Waals surface area contributed by atoms with Crippen LogP contribution in [0, 0.1) is 11.8 Å². The summed E-state index contributed by atoms with van der Waals surface area (Å²) in [7, 11) is 0. The normalized spacial score (nSPS) is 37.5. The van der Waals surface area contributed by atoms with Crippen LogP contribution in [0.3, 0.4) is 0 Å². The van der Waals surface area contributed by atoms with Gasteiger partial charge in [-0.1, -0.05) is 0 Å². The molecular weight excluding hydrogens is 222 g/mol. The quantitative estimate of drug-likeness (QED) is 0.509. The molecule has 2 fully saturated rings. The average molecular weight is 234 g/mol. The Morgan fingerprint density at radius 1 is 1.42 bits per heavy atom. The molecule has 2 bridgehead atoms. The van der Waals surface area contributed by atoms with Gasteiger partial charge < -0.3 is 4.90 Å². The van der Waals surface area contributed by atoms with E-state index >= 15 is 0 Å². The van der Waals surface area contributed by atoms with E-state index in [2.05, 4.69) is 4.90 Å². The lowest BCUT2D eigenvalue weighted by molar-refractivity contribution is -0.133. The van der Waals surface area contributed by atoms with Gasteiger partial charge >= 0.3 is 0 Å². The number of aldehydes is 1. The molecule has 2 heterocycles. The fourth-order valence-corrected chi connectivity index (χ4v) is 2.19. The Morgan fingerprint density at radius 3 is 2.58 bits per heavy atom. The topological polar surface area (TPSA) is 37.4 Å². The Bertz CT molecular complexity index is 207. The maximum atomic E-state index is 11.0. The van der Waals surface area contributed by atoms with Crippen LogP contribution < -0.4 is 0 Å². The molecule has 0 aliphatic carbocycles. The number of nitrogens with zero attached hydrogens (tertiary/aromatic N) is 1. The van der Waals surface area contributed by atoms with Crippen LogP contribution in [0.5, 0.6) is 0 Å². The van der Waals surface area contributed by atoms with Crippen LogP contribution in [0.1, 0.15) is 6.42 Å². The van der Waals surface area contributed by atoms with Crippen molar-refractivity contribution in [3.05, 3.63) is 0 Å². The predicted octanol–water partition coefficient (Wildman–Crippen LogP) is 0.284. The molecule has 2 aliphatic rings. The van der Waals surface area contributed by atoms with Gasteiger partial charge in [-0.25, -0.2) is 0 Å². The molecule has 2 aliphatic heterocycles. The van der Waals surface area contributed by atoms with Gasteiger partial charge in [0.15, 0.2) is 12.1 Å². The first-order valence-electron chi connectivity index (χ1n) is 4.02. The summed E-state index contributed by atoms with van der Waals surface area (Å²) in [5, 5.41) is 0. The zero-order valence-corrected chi connectivity index (χ0v) is 8.45. The molecular formula is C8H12BrNO2. The van der Waals surface area contributed by atoms with Crippen molar-refractivity contribution in [2.45, 2.75) is 6.42 Å². The first-order chi connectivity index (χ1) is 5.31. The minimum Gasteiger partial charge on any atom is -0.302 e. The largest absolute Gasteiger partial charge is 0.302 e. The number of hydrogen-bond acceptors (Lipinski definition) is 3. The molecule has 68 valence electrons. The smallest absolute Gasteiger partial charge is 0.199 e. The fraction of sp³-hybridized carbons (Fsp3) is 0.750. The SMILES string of the molecule is Br.O=CC(=O)C1CN2CCC1C2. The summed E-state index contributed by atoms with van der Waals surface area (Å²) >= 11 is 0. The molecule has 0 spiro atoms. The third-order valence-electron chi connectivity index (χ3n) is 2.81. The number of ketones is 1. The lowest BCUT2D eigenvalue weighted by Crippen LogP contribution is -2.29. The van der Waals surface area contributed by atoms with Gasteiger partial charge in [0.05, 0.1) is 0 Å². The van der Waals surface area contributed by atoms with E-state index in [0.717, 1.165) is 26.1 Å². The van der Waals surface area contributed by atoms with E-state index in [4.69, 9.17) is 0 Å². The number of Topliss-reactive ketones (excluding diaryl/α,β-unsaturated/α-hetero) is 1. The molecule has 4 heteroatoms. The summed E-state index contributed by atoms with van der Waals surface area (Å²) in [6, 6.07) is 0. The second kappa shape index (κ2) is 3.66. The van der Waals surface area contributed by atoms with Crippen LogP contribution in [-0.2, 0) is 9.59 Å². The predicted molar refractivity (Wildman–Crippen MR) is 49.4 cm³/mol. The molecule has 2 rings (SSSR count). The Morgan fingerprint density at radius 2 is 2.17 bits per heavy atom. The van der Waals surface area contributed by atoms with Crippen LogP contribution in [0.15, 0.2) is 0 Å². The molecule has 0 saturated carbocycles. The number of carbonyl (C=O) groups is 2. The van der Waals surface area contributed by atoms with E-state index in [1.54, 1.807) is 0 Å². The summed E-state index contributed by atoms with van der Waals surface area (Å²) in [6.07, 6.45) is 1.58. The lowest BCUT2D eigenvalue weighted by Gasteiger charge is -2.18. The Kier molecular flexibility index (Phi) is 3.01. The van der Waals surface area contributed by atoms with E-state index in [-0.39, 0.29) is 28.7 Å². The highest BCUT2D eigenvalue weighted by Crippen LogP contribution is 2.32. The molecule has 0 aromatic heterocycles. The number of piperidine rings is 1. The number of rotatable bonds is 2. The van der Waals surface area contributed by atoms with Gasteiger partial charge in [-0.15, -0.1) is 17.0 Å². The minimum atomic E-state index is -0.197. The molecule has 0 aromatic rings. The number of halogens is 1. The molecule has 3 unspecified atom stereocenters. The van der Waals surface area contributed by atoms with Gasteiger partial charge in [0.25, 0.3) is 0 Å². The maximum Gasteiger partial charge on any atom is 0.199 e. The van der Waals surface area contributed by atoms with E-state index in [0.29, 0.717) is 12.2 Å². The highest BCUT2D eigenvalue weighted by atomic mass is 79.9. The van der Waals surface area contributed by atoms with Crippen LogP contribution in [0.25, 0.3) is 0 Å². The molecule has 0 radical (unpaired) electrons. The minimum absolute atomic E-state index is 0. The molecule has 2 saturated heterocycles. The molecule has 0 aromatic carbocycles. The van der Waals surface area contributed by atoms with Crippen molar-refractivity contribution in [3.8, 4) is 0 Å². The second-order valence-electron chi connectivity index (χ2n) is 3.44. The standard InChI is InChI=1S/C8H11NO2.BrH/c10-5-8(11)7-4-9-2-1-6(7)3-9;/h5-7H,1-4H2;1H. The summed E-state index contributed by atoms with van der Waals surface area (Å²) < 4.78 is 0. The van der Waals surface area contributed by atoms with Crippen molar-refractivity contribution in [1.82, 2.24) is 4.90 Å². The molecule has 0 N–H and O–H groups in total. The third-order valence-corrected chi connectivity index (χ3v) is 2.81. The molecule has 3 atom stereocenters. The van der Waals surface area contributed by atoms with E-state index < -0.39 is 0 Å². The second-order valence-corrected chi connectivity index (χ2v) is 3.44. The van der Waals surface area contributed by atoms with Crippen LogP contribution in [-0.4, -0.2) is 36.6 Å². The van der Waals surface area contributed by atoms with Gasteiger partial charge in [0, 0.05) is 19.0 Å². The van der Waals surface area contributed by atoms with Gasteiger partial charge in [0.1, 0.15) is 0 Å². The Hall–Kier alpha value is -0.220. The number of carbonyl (C=O) groups excluding carboxylic acids is 2. The first-order valence-corrected chi connectivity index (χ1v) is 4.02. The summed E-state index contributed by atoms with van der Waals surface area (Å²) in [5.74, 6) is 0.311. The molecule has 12 heavy (non-hydrogen) atoms. The van der Waals surface area contributed by atoms with E-state index in [1.807, 2.05) is 0 Å². The summed E-state index contributed by atoms with van der Waals surface area (Å²) in [6.45, 7) is 2.97. The van der Waals surface area contributed by atoms with Crippen molar-refractivity contribution in [1.29, 1.82) is 0 Å². The third kappa shape index (κ3) is 1.45. The van der Waals surface area contributed by atoms with Gasteiger partial charge in [-0.3, -0.25) is 9.59 Å². The van der Waals surface area contributed by atoms with Gasteiger partial charge in [-0.05, 0) is 18.9 Å². The Balaban J connectivity index is 0.000000720.